The average Bonchev–Trinajstić information content (AvgIpc) is 3.88. The standard InChI is InChI=1S/C29H24FN3O3.C29H24FN3O2/c1-19(34)36-29-26(17-21-9-7-13-24(15-21)35-2)32-28-25(16-20-8-6-12-23(30)14-20)31-27(18-33(28)29)22-10-4-3-5-11-22;1-19-8-6-9-21(14-19)17-26-29(35-20(2)34)33-18-27(23-11-4-3-5-12-23)31-25(28(33)32-26)16-22-10-7-13-24(30)15-22/h3-15,18H,16-17H2,1-2H3;3-15,18H,16-17H2,1-2H3. The highest BCUT2D eigenvalue weighted by Gasteiger charge is 2.23. The van der Waals surface area contributed by atoms with Crippen molar-refractivity contribution in [2.45, 2.75) is 46.5 Å². The van der Waals surface area contributed by atoms with Crippen molar-refractivity contribution in [1.82, 2.24) is 28.7 Å². The number of ether oxygens (including phenoxy) is 3. The summed E-state index contributed by atoms with van der Waals surface area (Å²) in [6.45, 7) is 4.78. The lowest BCUT2D eigenvalue weighted by Crippen LogP contribution is -2.07. The maximum atomic E-state index is 13.9. The molecular weight excluding hydrogens is 899 g/mol. The molecule has 10 rings (SSSR count). The summed E-state index contributed by atoms with van der Waals surface area (Å²) in [5, 5.41) is 0. The second-order valence-corrected chi connectivity index (χ2v) is 17.0. The monoisotopic (exact) mass is 946 g/mol. The van der Waals surface area contributed by atoms with E-state index in [1.165, 1.54) is 38.1 Å². The molecule has 13 heteroatoms. The molecule has 71 heavy (non-hydrogen) atoms. The van der Waals surface area contributed by atoms with Crippen LogP contribution >= 0.6 is 0 Å². The minimum absolute atomic E-state index is 0.304. The van der Waals surface area contributed by atoms with Crippen molar-refractivity contribution in [2.24, 2.45) is 0 Å². The Kier molecular flexibility index (Phi) is 14.1. The zero-order chi connectivity index (χ0) is 49.4. The lowest BCUT2D eigenvalue weighted by Gasteiger charge is -2.10. The number of methoxy groups -OCH3 is 1. The van der Waals surface area contributed by atoms with E-state index in [-0.39, 0.29) is 11.6 Å². The number of benzene rings is 6. The first-order valence-electron chi connectivity index (χ1n) is 22.9. The number of rotatable bonds is 13. The van der Waals surface area contributed by atoms with Crippen molar-refractivity contribution in [3.63, 3.8) is 0 Å². The van der Waals surface area contributed by atoms with Gasteiger partial charge >= 0.3 is 11.9 Å². The van der Waals surface area contributed by atoms with Crippen LogP contribution in [0.15, 0.2) is 170 Å². The molecule has 10 aromatic rings. The molecular formula is C58H48F2N6O5. The van der Waals surface area contributed by atoms with Gasteiger partial charge in [0.2, 0.25) is 11.8 Å². The van der Waals surface area contributed by atoms with Crippen LogP contribution in [0.5, 0.6) is 17.5 Å². The van der Waals surface area contributed by atoms with Gasteiger partial charge in [-0.15, -0.1) is 0 Å². The molecule has 0 spiro atoms. The summed E-state index contributed by atoms with van der Waals surface area (Å²) in [7, 11) is 1.61. The van der Waals surface area contributed by atoms with Gasteiger partial charge in [-0.2, -0.15) is 0 Å². The molecule has 0 aliphatic heterocycles. The van der Waals surface area contributed by atoms with Gasteiger partial charge in [-0.05, 0) is 65.6 Å². The molecule has 4 aromatic heterocycles. The maximum Gasteiger partial charge on any atom is 0.309 e. The number of carbonyl (C=O) groups excluding carboxylic acids is 2. The van der Waals surface area contributed by atoms with E-state index >= 15 is 0 Å². The number of esters is 2. The Labute approximate surface area is 409 Å². The third-order valence-corrected chi connectivity index (χ3v) is 11.5. The maximum absolute atomic E-state index is 13.9. The first-order valence-corrected chi connectivity index (χ1v) is 22.9. The van der Waals surface area contributed by atoms with Crippen LogP contribution in [0.4, 0.5) is 8.78 Å². The van der Waals surface area contributed by atoms with E-state index in [1.807, 2.05) is 135 Å². The Balaban J connectivity index is 0.000000176. The molecule has 0 amide bonds. The van der Waals surface area contributed by atoms with Gasteiger partial charge in [0, 0.05) is 63.1 Å². The molecule has 0 bridgehead atoms. The molecule has 6 aromatic carbocycles. The van der Waals surface area contributed by atoms with Crippen LogP contribution in [-0.4, -0.2) is 47.8 Å². The van der Waals surface area contributed by atoms with Crippen LogP contribution < -0.4 is 14.2 Å². The van der Waals surface area contributed by atoms with Crippen LogP contribution in [0.2, 0.25) is 0 Å². The Morgan fingerprint density at radius 1 is 0.479 bits per heavy atom. The van der Waals surface area contributed by atoms with Crippen molar-refractivity contribution in [1.29, 1.82) is 0 Å². The van der Waals surface area contributed by atoms with E-state index in [1.54, 1.807) is 28.0 Å². The zero-order valence-corrected chi connectivity index (χ0v) is 39.5. The number of aryl methyl sites for hydroxylation is 1. The van der Waals surface area contributed by atoms with E-state index < -0.39 is 11.9 Å². The number of fused-ring (bicyclic) bond motifs is 2. The van der Waals surface area contributed by atoms with Crippen LogP contribution in [0.3, 0.4) is 0 Å². The second kappa shape index (κ2) is 21.2. The SMILES string of the molecule is CC(=O)Oc1c(Cc2cccc(C)c2)nc2c(Cc3cccc(F)c3)nc(-c3ccccc3)cn12.COc1cccc(Cc2nc3c(Cc4cccc(F)c4)nc(-c4ccccc4)cn3c2OC(C)=O)c1. The van der Waals surface area contributed by atoms with Gasteiger partial charge in [0.05, 0.1) is 29.9 Å². The van der Waals surface area contributed by atoms with Gasteiger partial charge in [-0.25, -0.2) is 28.7 Å². The van der Waals surface area contributed by atoms with Crippen molar-refractivity contribution in [2.75, 3.05) is 7.11 Å². The van der Waals surface area contributed by atoms with E-state index in [0.29, 0.717) is 82.9 Å². The summed E-state index contributed by atoms with van der Waals surface area (Å²) in [6.07, 6.45) is 5.30. The summed E-state index contributed by atoms with van der Waals surface area (Å²) in [4.78, 5) is 43.7. The van der Waals surface area contributed by atoms with Crippen LogP contribution in [0.1, 0.15) is 64.4 Å². The first kappa shape index (κ1) is 47.2. The van der Waals surface area contributed by atoms with E-state index in [4.69, 9.17) is 34.1 Å². The van der Waals surface area contributed by atoms with Gasteiger partial charge in [0.25, 0.3) is 0 Å². The topological polar surface area (TPSA) is 122 Å². The second-order valence-electron chi connectivity index (χ2n) is 17.0. The molecule has 0 aliphatic carbocycles. The summed E-state index contributed by atoms with van der Waals surface area (Å²) >= 11 is 0. The highest BCUT2D eigenvalue weighted by Crippen LogP contribution is 2.32. The van der Waals surface area contributed by atoms with Gasteiger partial charge in [-0.1, -0.05) is 127 Å². The largest absolute Gasteiger partial charge is 0.497 e. The number of carbonyl (C=O) groups is 2. The summed E-state index contributed by atoms with van der Waals surface area (Å²) in [6, 6.07) is 48.2. The molecule has 0 radical (unpaired) electrons. The Morgan fingerprint density at radius 3 is 1.31 bits per heavy atom. The quantitative estimate of drug-likeness (QED) is 0.104. The average molecular weight is 947 g/mol. The smallest absolute Gasteiger partial charge is 0.309 e. The predicted molar refractivity (Wildman–Crippen MR) is 268 cm³/mol. The van der Waals surface area contributed by atoms with E-state index in [9.17, 15) is 18.4 Å². The highest BCUT2D eigenvalue weighted by molar-refractivity contribution is 5.72. The van der Waals surface area contributed by atoms with Gasteiger partial charge < -0.3 is 14.2 Å². The molecule has 0 N–H and O–H groups in total. The lowest BCUT2D eigenvalue weighted by atomic mass is 10.1. The molecule has 354 valence electrons. The number of halogens is 2. The Bertz CT molecular complexity index is 3540. The summed E-state index contributed by atoms with van der Waals surface area (Å²) in [5.74, 6) is -0.0673. The van der Waals surface area contributed by atoms with Gasteiger partial charge in [0.1, 0.15) is 28.8 Å². The molecule has 4 heterocycles. The normalized spacial score (nSPS) is 11.0. The number of hydrogen-bond donors (Lipinski definition) is 0. The minimum atomic E-state index is -0.451. The fourth-order valence-corrected chi connectivity index (χ4v) is 8.39. The van der Waals surface area contributed by atoms with Crippen molar-refractivity contribution >= 4 is 23.2 Å². The first-order chi connectivity index (χ1) is 34.5. The molecule has 11 nitrogen and oxygen atoms in total. The third kappa shape index (κ3) is 11.4. The number of aromatic nitrogens is 6. The van der Waals surface area contributed by atoms with E-state index in [0.717, 1.165) is 44.7 Å². The number of nitrogens with zero attached hydrogens (tertiary/aromatic N) is 6. The van der Waals surface area contributed by atoms with Gasteiger partial charge in [-0.3, -0.25) is 18.4 Å². The van der Waals surface area contributed by atoms with Crippen molar-refractivity contribution in [3.8, 4) is 40.0 Å². The molecule has 0 unspecified atom stereocenters. The fourth-order valence-electron chi connectivity index (χ4n) is 8.39. The number of hydrogen-bond acceptors (Lipinski definition) is 9. The Hall–Kier alpha value is -8.84. The Morgan fingerprint density at radius 2 is 0.887 bits per heavy atom. The molecule has 0 fully saturated rings. The molecule has 0 saturated carbocycles. The number of imidazole rings is 2. The van der Waals surface area contributed by atoms with E-state index in [2.05, 4.69) is 6.07 Å². The van der Waals surface area contributed by atoms with Crippen molar-refractivity contribution < 1.29 is 32.6 Å². The molecule has 0 atom stereocenters. The zero-order valence-electron chi connectivity index (χ0n) is 39.5. The molecule has 0 saturated heterocycles. The van der Waals surface area contributed by atoms with Gasteiger partial charge in [0.15, 0.2) is 11.3 Å². The van der Waals surface area contributed by atoms with Crippen LogP contribution in [-0.2, 0) is 35.3 Å². The summed E-state index contributed by atoms with van der Waals surface area (Å²) in [5.41, 5.74) is 11.6. The van der Waals surface area contributed by atoms with Crippen LogP contribution in [0.25, 0.3) is 33.8 Å². The summed E-state index contributed by atoms with van der Waals surface area (Å²) < 4.78 is 48.1. The lowest BCUT2D eigenvalue weighted by molar-refractivity contribution is -0.133. The highest BCUT2D eigenvalue weighted by atomic mass is 19.1. The third-order valence-electron chi connectivity index (χ3n) is 11.5. The fraction of sp³-hybridized carbons (Fsp3) is 0.138. The predicted octanol–water partition coefficient (Wildman–Crippen LogP) is 11.6. The minimum Gasteiger partial charge on any atom is -0.497 e. The van der Waals surface area contributed by atoms with Crippen LogP contribution in [0, 0.1) is 18.6 Å². The molecule has 0 aliphatic rings. The van der Waals surface area contributed by atoms with Crippen molar-refractivity contribution in [3.05, 3.63) is 232 Å².